The van der Waals surface area contributed by atoms with E-state index in [2.05, 4.69) is 5.32 Å². The van der Waals surface area contributed by atoms with Crippen LogP contribution in [0, 0.1) is 11.6 Å². The van der Waals surface area contributed by atoms with Crippen LogP contribution in [0.25, 0.3) is 0 Å². The molecule has 10 nitrogen and oxygen atoms in total. The lowest BCUT2D eigenvalue weighted by molar-refractivity contribution is -0.268. The number of carboxylic acid groups (broad SMARTS) is 2. The Hall–Kier alpha value is -3.61. The van der Waals surface area contributed by atoms with Gasteiger partial charge < -0.3 is 34.6 Å². The Morgan fingerprint density at radius 2 is 1.68 bits per heavy atom. The molecule has 218 valence electrons. The van der Waals surface area contributed by atoms with Crippen molar-refractivity contribution in [3.8, 4) is 5.75 Å². The SMILES string of the molecule is CCCC1(C2(c3ccc(F)cc3)OCCO2)CC(Oc2ccccc2F)CCN1C(=O)CNC.O=C(O)C(=O)O. The highest BCUT2D eigenvalue weighted by atomic mass is 19.1. The summed E-state index contributed by atoms with van der Waals surface area (Å²) in [4.78, 5) is 33.4. The lowest BCUT2D eigenvalue weighted by Gasteiger charge is -2.56. The molecular weight excluding hydrogens is 530 g/mol. The van der Waals surface area contributed by atoms with Gasteiger partial charge in [0.1, 0.15) is 17.5 Å². The third-order valence-corrected chi connectivity index (χ3v) is 6.89. The van der Waals surface area contributed by atoms with Crippen molar-refractivity contribution in [2.24, 2.45) is 0 Å². The smallest absolute Gasteiger partial charge is 0.414 e. The fourth-order valence-electron chi connectivity index (χ4n) is 5.42. The Morgan fingerprint density at radius 3 is 2.23 bits per heavy atom. The second-order valence-corrected chi connectivity index (χ2v) is 9.45. The zero-order valence-corrected chi connectivity index (χ0v) is 22.4. The first kappa shape index (κ1) is 30.9. The van der Waals surface area contributed by atoms with Crippen molar-refractivity contribution in [1.82, 2.24) is 10.2 Å². The van der Waals surface area contributed by atoms with Gasteiger partial charge in [-0.3, -0.25) is 4.79 Å². The maximum Gasteiger partial charge on any atom is 0.414 e. The van der Waals surface area contributed by atoms with Crippen LogP contribution in [-0.4, -0.2) is 78.0 Å². The molecule has 3 N–H and O–H groups in total. The number of carbonyl (C=O) groups excluding carboxylic acids is 1. The second kappa shape index (κ2) is 13.6. The molecule has 12 heteroatoms. The van der Waals surface area contributed by atoms with E-state index in [4.69, 9.17) is 34.0 Å². The topological polar surface area (TPSA) is 135 Å². The molecule has 2 saturated heterocycles. The monoisotopic (exact) mass is 564 g/mol. The van der Waals surface area contributed by atoms with Crippen molar-refractivity contribution < 1.29 is 47.6 Å². The first-order chi connectivity index (χ1) is 19.1. The number of carboxylic acids is 2. The van der Waals surface area contributed by atoms with Crippen LogP contribution in [0.3, 0.4) is 0 Å². The van der Waals surface area contributed by atoms with E-state index in [-0.39, 0.29) is 30.1 Å². The number of rotatable bonds is 8. The average Bonchev–Trinajstić information content (AvgIpc) is 3.43. The molecule has 4 rings (SSSR count). The number of likely N-dealkylation sites (tertiary alicyclic amines) is 1. The summed E-state index contributed by atoms with van der Waals surface area (Å²) in [6.07, 6.45) is 1.85. The molecule has 2 aromatic rings. The molecule has 0 saturated carbocycles. The fourth-order valence-corrected chi connectivity index (χ4v) is 5.42. The van der Waals surface area contributed by atoms with E-state index in [0.29, 0.717) is 44.6 Å². The number of hydrogen-bond acceptors (Lipinski definition) is 7. The number of likely N-dealkylation sites (N-methyl/N-ethyl adjacent to an activating group) is 1. The Morgan fingerprint density at radius 1 is 1.05 bits per heavy atom. The van der Waals surface area contributed by atoms with Gasteiger partial charge in [-0.15, -0.1) is 0 Å². The highest BCUT2D eigenvalue weighted by Gasteiger charge is 2.63. The van der Waals surface area contributed by atoms with Gasteiger partial charge in [0.05, 0.1) is 19.8 Å². The molecule has 1 amide bonds. The highest BCUT2D eigenvalue weighted by molar-refractivity contribution is 6.27. The van der Waals surface area contributed by atoms with Crippen LogP contribution in [0.15, 0.2) is 48.5 Å². The number of amides is 1. The summed E-state index contributed by atoms with van der Waals surface area (Å²) in [5.74, 6) is -5.65. The third-order valence-electron chi connectivity index (χ3n) is 6.89. The standard InChI is InChI=1S/C26H32F2N2O4.C2H2O4/c1-3-13-25(26(32-15-16-33-26)19-8-10-20(27)11-9-19)17-21(12-14-30(25)24(31)18-29-2)34-23-7-5-4-6-22(23)28;3-1(4)2(5)6/h4-11,21,29H,3,12-18H2,1-2H3;(H,3,4)(H,5,6). The minimum Gasteiger partial charge on any atom is -0.487 e. The minimum absolute atomic E-state index is 0.0825. The molecule has 2 heterocycles. The number of carbonyl (C=O) groups is 3. The van der Waals surface area contributed by atoms with E-state index in [0.717, 1.165) is 6.42 Å². The number of ether oxygens (including phenoxy) is 3. The molecule has 0 bridgehead atoms. The molecule has 0 aromatic heterocycles. The summed E-state index contributed by atoms with van der Waals surface area (Å²) in [5.41, 5.74) is -0.285. The zero-order valence-electron chi connectivity index (χ0n) is 22.4. The van der Waals surface area contributed by atoms with Crippen LogP contribution in [0.1, 0.15) is 38.2 Å². The van der Waals surface area contributed by atoms with Gasteiger partial charge in [-0.05, 0) is 37.7 Å². The van der Waals surface area contributed by atoms with Crippen molar-refractivity contribution >= 4 is 17.8 Å². The molecular formula is C28H34F2N2O8. The van der Waals surface area contributed by atoms with Gasteiger partial charge in [0.15, 0.2) is 11.6 Å². The van der Waals surface area contributed by atoms with E-state index in [1.807, 2.05) is 11.8 Å². The molecule has 2 unspecified atom stereocenters. The van der Waals surface area contributed by atoms with Gasteiger partial charge in [0, 0.05) is 24.9 Å². The van der Waals surface area contributed by atoms with Crippen LogP contribution in [0.2, 0.25) is 0 Å². The molecule has 0 spiro atoms. The van der Waals surface area contributed by atoms with Gasteiger partial charge in [0.2, 0.25) is 11.7 Å². The Balaban J connectivity index is 0.000000663. The van der Waals surface area contributed by atoms with Crippen LogP contribution >= 0.6 is 0 Å². The van der Waals surface area contributed by atoms with Crippen molar-refractivity contribution in [3.05, 3.63) is 65.7 Å². The normalized spacial score (nSPS) is 21.7. The minimum atomic E-state index is -1.82. The lowest BCUT2D eigenvalue weighted by atomic mass is 9.72. The fraction of sp³-hybridized carbons (Fsp3) is 0.464. The maximum atomic E-state index is 14.4. The Bertz CT molecular complexity index is 1160. The molecule has 40 heavy (non-hydrogen) atoms. The molecule has 0 aliphatic carbocycles. The van der Waals surface area contributed by atoms with Gasteiger partial charge in [-0.1, -0.05) is 37.6 Å². The molecule has 2 aliphatic rings. The lowest BCUT2D eigenvalue weighted by Crippen LogP contribution is -2.69. The third kappa shape index (κ3) is 6.57. The number of nitrogens with one attached hydrogen (secondary N) is 1. The second-order valence-electron chi connectivity index (χ2n) is 9.45. The number of halogens is 2. The summed E-state index contributed by atoms with van der Waals surface area (Å²) >= 11 is 0. The van der Waals surface area contributed by atoms with Crippen molar-refractivity contribution in [2.75, 3.05) is 33.4 Å². The van der Waals surface area contributed by atoms with Crippen LogP contribution < -0.4 is 10.1 Å². The number of benzene rings is 2. The molecule has 2 atom stereocenters. The Kier molecular flexibility index (Phi) is 10.5. The van der Waals surface area contributed by atoms with Crippen LogP contribution in [-0.2, 0) is 29.6 Å². The quantitative estimate of drug-likeness (QED) is 0.414. The first-order valence-electron chi connectivity index (χ1n) is 13.0. The summed E-state index contributed by atoms with van der Waals surface area (Å²) in [7, 11) is 1.73. The molecule has 2 fully saturated rings. The first-order valence-corrected chi connectivity index (χ1v) is 13.0. The van der Waals surface area contributed by atoms with Crippen molar-refractivity contribution in [3.63, 3.8) is 0 Å². The van der Waals surface area contributed by atoms with E-state index < -0.39 is 29.1 Å². The van der Waals surface area contributed by atoms with Crippen molar-refractivity contribution in [1.29, 1.82) is 0 Å². The van der Waals surface area contributed by atoms with Crippen molar-refractivity contribution in [2.45, 2.75) is 50.0 Å². The Labute approximate surface area is 230 Å². The van der Waals surface area contributed by atoms with E-state index in [1.165, 1.54) is 18.2 Å². The molecule has 0 radical (unpaired) electrons. The summed E-state index contributed by atoms with van der Waals surface area (Å²) in [6.45, 7) is 3.28. The predicted molar refractivity (Wildman–Crippen MR) is 139 cm³/mol. The highest BCUT2D eigenvalue weighted by Crippen LogP contribution is 2.52. The van der Waals surface area contributed by atoms with Gasteiger partial charge in [0.25, 0.3) is 0 Å². The number of nitrogens with zero attached hydrogens (tertiary/aromatic N) is 1. The largest absolute Gasteiger partial charge is 0.487 e. The average molecular weight is 565 g/mol. The van der Waals surface area contributed by atoms with E-state index in [1.54, 1.807) is 37.4 Å². The molecule has 2 aromatic carbocycles. The summed E-state index contributed by atoms with van der Waals surface area (Å²) < 4.78 is 47.1. The van der Waals surface area contributed by atoms with Gasteiger partial charge in [-0.25, -0.2) is 18.4 Å². The number of piperidine rings is 1. The van der Waals surface area contributed by atoms with Gasteiger partial charge >= 0.3 is 11.9 Å². The predicted octanol–water partition coefficient (Wildman–Crippen LogP) is 3.15. The summed E-state index contributed by atoms with van der Waals surface area (Å²) in [6, 6.07) is 12.4. The maximum absolute atomic E-state index is 14.4. The zero-order chi connectivity index (χ0) is 29.3. The van der Waals surface area contributed by atoms with E-state index in [9.17, 15) is 13.6 Å². The van der Waals surface area contributed by atoms with E-state index >= 15 is 0 Å². The van der Waals surface area contributed by atoms with Crippen LogP contribution in [0.4, 0.5) is 8.78 Å². The number of para-hydroxylation sites is 1. The van der Waals surface area contributed by atoms with Crippen LogP contribution in [0.5, 0.6) is 5.75 Å². The number of hydrogen-bond donors (Lipinski definition) is 3. The summed E-state index contributed by atoms with van der Waals surface area (Å²) in [5, 5.41) is 17.7. The van der Waals surface area contributed by atoms with Gasteiger partial charge in [-0.2, -0.15) is 0 Å². The number of aliphatic carboxylic acids is 2. The molecule has 2 aliphatic heterocycles.